The SMILES string of the molecule is c1ccc(-n2ccc3c2-c2oncc2CC3)cc1. The van der Waals surface area contributed by atoms with Crippen LogP contribution in [0.2, 0.25) is 0 Å². The number of nitrogens with zero attached hydrogens (tertiary/aromatic N) is 2. The highest BCUT2D eigenvalue weighted by molar-refractivity contribution is 5.67. The predicted molar refractivity (Wildman–Crippen MR) is 68.7 cm³/mol. The second-order valence-corrected chi connectivity index (χ2v) is 4.58. The minimum Gasteiger partial charge on any atom is -0.354 e. The number of benzene rings is 1. The van der Waals surface area contributed by atoms with Crippen LogP contribution in [0.15, 0.2) is 53.3 Å². The fourth-order valence-corrected chi connectivity index (χ4v) is 2.64. The molecule has 0 fully saturated rings. The maximum atomic E-state index is 5.43. The molecule has 18 heavy (non-hydrogen) atoms. The molecule has 88 valence electrons. The van der Waals surface area contributed by atoms with Gasteiger partial charge >= 0.3 is 0 Å². The van der Waals surface area contributed by atoms with E-state index in [2.05, 4.69) is 34.1 Å². The normalized spacial score (nSPS) is 13.1. The third kappa shape index (κ3) is 1.27. The van der Waals surface area contributed by atoms with Crippen molar-refractivity contribution in [3.8, 4) is 17.1 Å². The number of hydrogen-bond acceptors (Lipinski definition) is 2. The van der Waals surface area contributed by atoms with Gasteiger partial charge in [-0.3, -0.25) is 0 Å². The van der Waals surface area contributed by atoms with E-state index in [1.807, 2.05) is 24.4 Å². The first-order chi connectivity index (χ1) is 8.93. The van der Waals surface area contributed by atoms with Gasteiger partial charge < -0.3 is 9.09 Å². The van der Waals surface area contributed by atoms with Gasteiger partial charge in [0.2, 0.25) is 0 Å². The Morgan fingerprint density at radius 2 is 1.83 bits per heavy atom. The summed E-state index contributed by atoms with van der Waals surface area (Å²) in [5.41, 5.74) is 4.85. The van der Waals surface area contributed by atoms with Crippen molar-refractivity contribution in [1.29, 1.82) is 0 Å². The zero-order chi connectivity index (χ0) is 11.9. The third-order valence-corrected chi connectivity index (χ3v) is 3.53. The van der Waals surface area contributed by atoms with E-state index in [1.165, 1.54) is 11.1 Å². The van der Waals surface area contributed by atoms with Crippen molar-refractivity contribution in [1.82, 2.24) is 9.72 Å². The number of rotatable bonds is 1. The van der Waals surface area contributed by atoms with Crippen LogP contribution < -0.4 is 0 Å². The molecule has 0 unspecified atom stereocenters. The number of aryl methyl sites for hydroxylation is 2. The van der Waals surface area contributed by atoms with Gasteiger partial charge in [-0.25, -0.2) is 0 Å². The van der Waals surface area contributed by atoms with Crippen molar-refractivity contribution in [3.05, 3.63) is 59.9 Å². The smallest absolute Gasteiger partial charge is 0.187 e. The van der Waals surface area contributed by atoms with E-state index < -0.39 is 0 Å². The van der Waals surface area contributed by atoms with Gasteiger partial charge in [-0.15, -0.1) is 0 Å². The second kappa shape index (κ2) is 3.60. The van der Waals surface area contributed by atoms with E-state index in [-0.39, 0.29) is 0 Å². The number of fused-ring (bicyclic) bond motifs is 3. The van der Waals surface area contributed by atoms with E-state index in [9.17, 15) is 0 Å². The van der Waals surface area contributed by atoms with Crippen molar-refractivity contribution < 1.29 is 4.52 Å². The highest BCUT2D eigenvalue weighted by atomic mass is 16.5. The monoisotopic (exact) mass is 236 g/mol. The fraction of sp³-hybridized carbons (Fsp3) is 0.133. The summed E-state index contributed by atoms with van der Waals surface area (Å²) in [5, 5.41) is 3.93. The van der Waals surface area contributed by atoms with Crippen LogP contribution in [0.3, 0.4) is 0 Å². The van der Waals surface area contributed by atoms with E-state index in [1.54, 1.807) is 0 Å². The molecule has 1 aliphatic carbocycles. The second-order valence-electron chi connectivity index (χ2n) is 4.58. The molecule has 0 saturated heterocycles. The Balaban J connectivity index is 1.97. The maximum Gasteiger partial charge on any atom is 0.187 e. The lowest BCUT2D eigenvalue weighted by atomic mass is 9.97. The third-order valence-electron chi connectivity index (χ3n) is 3.53. The predicted octanol–water partition coefficient (Wildman–Crippen LogP) is 3.23. The molecule has 0 amide bonds. The Hall–Kier alpha value is -2.29. The standard InChI is InChI=1S/C15H12N2O/c1-2-4-13(5-3-1)17-9-8-11-6-7-12-10-16-18-15(12)14(11)17/h1-5,8-10H,6-7H2. The molecule has 3 aromatic rings. The van der Waals surface area contributed by atoms with Gasteiger partial charge in [0.05, 0.1) is 11.9 Å². The Kier molecular flexibility index (Phi) is 1.94. The average molecular weight is 236 g/mol. The molecule has 0 spiro atoms. The lowest BCUT2D eigenvalue weighted by Crippen LogP contribution is -2.04. The Morgan fingerprint density at radius 3 is 2.72 bits per heavy atom. The molecular formula is C15H12N2O. The summed E-state index contributed by atoms with van der Waals surface area (Å²) in [7, 11) is 0. The van der Waals surface area contributed by atoms with E-state index >= 15 is 0 Å². The minimum absolute atomic E-state index is 0.921. The van der Waals surface area contributed by atoms with Gasteiger partial charge in [0.1, 0.15) is 0 Å². The zero-order valence-corrected chi connectivity index (χ0v) is 9.84. The maximum absolute atomic E-state index is 5.43. The average Bonchev–Trinajstić information content (AvgIpc) is 3.05. The zero-order valence-electron chi connectivity index (χ0n) is 9.84. The molecule has 0 atom stereocenters. The lowest BCUT2D eigenvalue weighted by molar-refractivity contribution is 0.428. The highest BCUT2D eigenvalue weighted by Gasteiger charge is 2.24. The first-order valence-corrected chi connectivity index (χ1v) is 6.13. The summed E-state index contributed by atoms with van der Waals surface area (Å²) >= 11 is 0. The van der Waals surface area contributed by atoms with Crippen LogP contribution in [0, 0.1) is 0 Å². The van der Waals surface area contributed by atoms with Crippen LogP contribution in [-0.4, -0.2) is 9.72 Å². The molecule has 3 heteroatoms. The van der Waals surface area contributed by atoms with Crippen LogP contribution in [0.1, 0.15) is 11.1 Å². The first-order valence-electron chi connectivity index (χ1n) is 6.13. The summed E-state index contributed by atoms with van der Waals surface area (Å²) in [6, 6.07) is 12.5. The van der Waals surface area contributed by atoms with Crippen LogP contribution in [-0.2, 0) is 12.8 Å². The summed E-state index contributed by atoms with van der Waals surface area (Å²) < 4.78 is 7.61. The molecule has 2 heterocycles. The largest absolute Gasteiger partial charge is 0.354 e. The quantitative estimate of drug-likeness (QED) is 0.649. The van der Waals surface area contributed by atoms with Crippen LogP contribution in [0.5, 0.6) is 0 Å². The van der Waals surface area contributed by atoms with Gasteiger partial charge in [0.25, 0.3) is 0 Å². The lowest BCUT2D eigenvalue weighted by Gasteiger charge is -2.14. The molecule has 0 N–H and O–H groups in total. The van der Waals surface area contributed by atoms with Gasteiger partial charge in [-0.2, -0.15) is 0 Å². The van der Waals surface area contributed by atoms with E-state index in [0.717, 1.165) is 30.0 Å². The van der Waals surface area contributed by atoms with Crippen molar-refractivity contribution in [2.24, 2.45) is 0 Å². The fourth-order valence-electron chi connectivity index (χ4n) is 2.64. The molecule has 0 saturated carbocycles. The number of para-hydroxylation sites is 1. The summed E-state index contributed by atoms with van der Waals surface area (Å²) in [4.78, 5) is 0. The number of hydrogen-bond donors (Lipinski definition) is 0. The van der Waals surface area contributed by atoms with Crippen molar-refractivity contribution in [3.63, 3.8) is 0 Å². The van der Waals surface area contributed by atoms with Crippen LogP contribution >= 0.6 is 0 Å². The summed E-state index contributed by atoms with van der Waals surface area (Å²) in [5.74, 6) is 0.921. The van der Waals surface area contributed by atoms with E-state index in [4.69, 9.17) is 4.52 Å². The Bertz CT molecular complexity index is 694. The van der Waals surface area contributed by atoms with Gasteiger partial charge in [-0.05, 0) is 36.6 Å². The highest BCUT2D eigenvalue weighted by Crippen LogP contribution is 2.35. The molecule has 0 aliphatic heterocycles. The molecular weight excluding hydrogens is 224 g/mol. The molecule has 2 aromatic heterocycles. The van der Waals surface area contributed by atoms with Crippen LogP contribution in [0.4, 0.5) is 0 Å². The minimum atomic E-state index is 0.921. The topological polar surface area (TPSA) is 31.0 Å². The number of aromatic nitrogens is 2. The molecule has 4 rings (SSSR count). The summed E-state index contributed by atoms with van der Waals surface area (Å²) in [6.45, 7) is 0. The van der Waals surface area contributed by atoms with E-state index in [0.29, 0.717) is 0 Å². The molecule has 3 nitrogen and oxygen atoms in total. The van der Waals surface area contributed by atoms with Crippen molar-refractivity contribution in [2.45, 2.75) is 12.8 Å². The molecule has 0 bridgehead atoms. The van der Waals surface area contributed by atoms with Gasteiger partial charge in [0.15, 0.2) is 5.76 Å². The van der Waals surface area contributed by atoms with Gasteiger partial charge in [0, 0.05) is 17.4 Å². The first kappa shape index (κ1) is 9.71. The molecule has 1 aromatic carbocycles. The molecule has 0 radical (unpaired) electrons. The molecule has 1 aliphatic rings. The van der Waals surface area contributed by atoms with Crippen LogP contribution in [0.25, 0.3) is 17.1 Å². The summed E-state index contributed by atoms with van der Waals surface area (Å²) in [6.07, 6.45) is 6.02. The van der Waals surface area contributed by atoms with Crippen molar-refractivity contribution in [2.75, 3.05) is 0 Å². The Labute approximate surface area is 105 Å². The Morgan fingerprint density at radius 1 is 1.00 bits per heavy atom. The van der Waals surface area contributed by atoms with Gasteiger partial charge in [-0.1, -0.05) is 23.4 Å². The van der Waals surface area contributed by atoms with Crippen molar-refractivity contribution >= 4 is 0 Å².